The van der Waals surface area contributed by atoms with Gasteiger partial charge in [0.25, 0.3) is 0 Å². The Hall–Kier alpha value is -2.10. The molecule has 2 aromatic rings. The minimum absolute atomic E-state index is 0.0726. The first-order valence-corrected chi connectivity index (χ1v) is 7.58. The lowest BCUT2D eigenvalue weighted by Crippen LogP contribution is -2.29. The van der Waals surface area contributed by atoms with Gasteiger partial charge >= 0.3 is 0 Å². The van der Waals surface area contributed by atoms with Gasteiger partial charge in [0.1, 0.15) is 0 Å². The van der Waals surface area contributed by atoms with Crippen molar-refractivity contribution in [2.24, 2.45) is 5.92 Å². The molecule has 0 aliphatic heterocycles. The highest BCUT2D eigenvalue weighted by molar-refractivity contribution is 5.97. The molecule has 0 bridgehead atoms. The molecule has 0 spiro atoms. The van der Waals surface area contributed by atoms with Gasteiger partial charge in [0.05, 0.1) is 6.42 Å². The summed E-state index contributed by atoms with van der Waals surface area (Å²) in [5, 5.41) is 3.94. The quantitative estimate of drug-likeness (QED) is 0.829. The molecule has 1 aromatic carbocycles. The topological polar surface area (TPSA) is 62.0 Å². The number of rotatable bonds is 5. The van der Waals surface area contributed by atoms with E-state index in [2.05, 4.69) is 10.3 Å². The number of carbonyl (C=O) groups is 2. The second-order valence-electron chi connectivity index (χ2n) is 5.87. The first-order valence-electron chi connectivity index (χ1n) is 7.58. The molecular weight excluding hydrogens is 264 g/mol. The molecular formula is C17H20N2O2. The number of fused-ring (bicyclic) bond motifs is 1. The summed E-state index contributed by atoms with van der Waals surface area (Å²) in [5.74, 6) is 0.735. The van der Waals surface area contributed by atoms with Crippen molar-refractivity contribution < 1.29 is 9.59 Å². The Labute approximate surface area is 123 Å². The molecule has 21 heavy (non-hydrogen) atoms. The van der Waals surface area contributed by atoms with Gasteiger partial charge < -0.3 is 10.3 Å². The molecule has 0 radical (unpaired) electrons. The second kappa shape index (κ2) is 6.12. The zero-order chi connectivity index (χ0) is 14.7. The van der Waals surface area contributed by atoms with Gasteiger partial charge in [-0.05, 0) is 30.4 Å². The summed E-state index contributed by atoms with van der Waals surface area (Å²) in [6.45, 7) is 0.804. The Morgan fingerprint density at radius 1 is 1.33 bits per heavy atom. The van der Waals surface area contributed by atoms with Gasteiger partial charge in [-0.1, -0.05) is 25.0 Å². The molecule has 1 aliphatic carbocycles. The van der Waals surface area contributed by atoms with Crippen LogP contribution in [0.15, 0.2) is 24.4 Å². The largest absolute Gasteiger partial charge is 0.360 e. The molecule has 0 atom stereocenters. The van der Waals surface area contributed by atoms with Gasteiger partial charge in [-0.25, -0.2) is 0 Å². The summed E-state index contributed by atoms with van der Waals surface area (Å²) in [6, 6.07) is 5.75. The van der Waals surface area contributed by atoms with E-state index in [-0.39, 0.29) is 5.91 Å². The fourth-order valence-electron chi connectivity index (χ4n) is 3.12. The van der Waals surface area contributed by atoms with Crippen LogP contribution in [0.5, 0.6) is 0 Å². The van der Waals surface area contributed by atoms with Crippen molar-refractivity contribution in [2.75, 3.05) is 6.54 Å². The number of aldehydes is 1. The number of hydrogen-bond acceptors (Lipinski definition) is 2. The van der Waals surface area contributed by atoms with E-state index in [9.17, 15) is 9.59 Å². The van der Waals surface area contributed by atoms with Gasteiger partial charge in [0, 0.05) is 29.2 Å². The average molecular weight is 284 g/mol. The van der Waals surface area contributed by atoms with Crippen molar-refractivity contribution in [2.45, 2.75) is 32.1 Å². The van der Waals surface area contributed by atoms with Crippen LogP contribution in [0.4, 0.5) is 0 Å². The summed E-state index contributed by atoms with van der Waals surface area (Å²) in [5.41, 5.74) is 2.52. The Morgan fingerprint density at radius 3 is 2.90 bits per heavy atom. The van der Waals surface area contributed by atoms with E-state index in [0.717, 1.165) is 29.3 Å². The normalized spacial score (nSPS) is 15.4. The summed E-state index contributed by atoms with van der Waals surface area (Å²) in [4.78, 5) is 25.9. The number of amides is 1. The minimum Gasteiger partial charge on any atom is -0.360 e. The van der Waals surface area contributed by atoms with E-state index in [1.807, 2.05) is 18.2 Å². The highest BCUT2D eigenvalue weighted by atomic mass is 16.1. The number of hydrogen-bond donors (Lipinski definition) is 2. The van der Waals surface area contributed by atoms with E-state index in [1.54, 1.807) is 6.20 Å². The molecule has 1 fully saturated rings. The molecule has 1 aromatic heterocycles. The molecule has 4 heteroatoms. The fraction of sp³-hybridized carbons (Fsp3) is 0.412. The Bertz CT molecular complexity index is 654. The standard InChI is InChI=1S/C17H20N2O2/c20-11-14-10-18-16-7-13(5-6-15(14)16)8-17(21)19-9-12-3-1-2-4-12/h5-7,10-12,18H,1-4,8-9H2,(H,19,21). The predicted octanol–water partition coefficient (Wildman–Crippen LogP) is 2.83. The third-order valence-electron chi connectivity index (χ3n) is 4.33. The lowest BCUT2D eigenvalue weighted by atomic mass is 10.1. The van der Waals surface area contributed by atoms with E-state index in [4.69, 9.17) is 0 Å². The van der Waals surface area contributed by atoms with Crippen molar-refractivity contribution in [3.05, 3.63) is 35.5 Å². The maximum absolute atomic E-state index is 12.0. The van der Waals surface area contributed by atoms with E-state index in [0.29, 0.717) is 17.9 Å². The predicted molar refractivity (Wildman–Crippen MR) is 82.4 cm³/mol. The van der Waals surface area contributed by atoms with Gasteiger partial charge in [0.2, 0.25) is 5.91 Å². The maximum Gasteiger partial charge on any atom is 0.224 e. The molecule has 0 unspecified atom stereocenters. The first-order chi connectivity index (χ1) is 10.3. The molecule has 0 saturated heterocycles. The van der Waals surface area contributed by atoms with Crippen LogP contribution >= 0.6 is 0 Å². The van der Waals surface area contributed by atoms with Crippen molar-refractivity contribution in [1.82, 2.24) is 10.3 Å². The van der Waals surface area contributed by atoms with Crippen LogP contribution in [-0.2, 0) is 11.2 Å². The molecule has 4 nitrogen and oxygen atoms in total. The molecule has 2 N–H and O–H groups in total. The molecule has 1 amide bonds. The fourth-order valence-corrected chi connectivity index (χ4v) is 3.12. The molecule has 1 aliphatic rings. The zero-order valence-corrected chi connectivity index (χ0v) is 12.0. The maximum atomic E-state index is 12.0. The second-order valence-corrected chi connectivity index (χ2v) is 5.87. The Morgan fingerprint density at radius 2 is 2.14 bits per heavy atom. The number of aromatic amines is 1. The third kappa shape index (κ3) is 3.15. The van der Waals surface area contributed by atoms with Gasteiger partial charge in [-0.3, -0.25) is 9.59 Å². The Balaban J connectivity index is 1.61. The molecule has 1 saturated carbocycles. The van der Waals surface area contributed by atoms with E-state index >= 15 is 0 Å². The zero-order valence-electron chi connectivity index (χ0n) is 12.0. The average Bonchev–Trinajstić information content (AvgIpc) is 3.14. The number of carbonyl (C=O) groups excluding carboxylic acids is 2. The van der Waals surface area contributed by atoms with Crippen LogP contribution in [0.3, 0.4) is 0 Å². The SMILES string of the molecule is O=Cc1c[nH]c2cc(CC(=O)NCC3CCCC3)ccc12. The monoisotopic (exact) mass is 284 g/mol. The third-order valence-corrected chi connectivity index (χ3v) is 4.33. The number of H-pyrrole nitrogens is 1. The summed E-state index contributed by atoms with van der Waals surface area (Å²) < 4.78 is 0. The number of benzene rings is 1. The smallest absolute Gasteiger partial charge is 0.224 e. The van der Waals surface area contributed by atoms with Crippen LogP contribution in [0.1, 0.15) is 41.6 Å². The van der Waals surface area contributed by atoms with Crippen molar-refractivity contribution >= 4 is 23.1 Å². The van der Waals surface area contributed by atoms with Crippen molar-refractivity contribution in [3.8, 4) is 0 Å². The van der Waals surface area contributed by atoms with Gasteiger partial charge in [-0.15, -0.1) is 0 Å². The highest BCUT2D eigenvalue weighted by Crippen LogP contribution is 2.23. The Kier molecular flexibility index (Phi) is 4.04. The molecule has 3 rings (SSSR count). The number of nitrogens with one attached hydrogen (secondary N) is 2. The van der Waals surface area contributed by atoms with Crippen LogP contribution in [-0.4, -0.2) is 23.7 Å². The van der Waals surface area contributed by atoms with Crippen molar-refractivity contribution in [1.29, 1.82) is 0 Å². The lowest BCUT2D eigenvalue weighted by Gasteiger charge is -2.10. The van der Waals surface area contributed by atoms with E-state index in [1.165, 1.54) is 25.7 Å². The lowest BCUT2D eigenvalue weighted by molar-refractivity contribution is -0.120. The van der Waals surface area contributed by atoms with Crippen molar-refractivity contribution in [3.63, 3.8) is 0 Å². The summed E-state index contributed by atoms with van der Waals surface area (Å²) in [7, 11) is 0. The minimum atomic E-state index is 0.0726. The number of aromatic nitrogens is 1. The highest BCUT2D eigenvalue weighted by Gasteiger charge is 2.15. The van der Waals surface area contributed by atoms with Gasteiger partial charge in [0.15, 0.2) is 6.29 Å². The van der Waals surface area contributed by atoms with Crippen LogP contribution in [0.2, 0.25) is 0 Å². The van der Waals surface area contributed by atoms with Crippen LogP contribution in [0.25, 0.3) is 10.9 Å². The summed E-state index contributed by atoms with van der Waals surface area (Å²) >= 11 is 0. The first kappa shape index (κ1) is 13.9. The van der Waals surface area contributed by atoms with Crippen LogP contribution in [0, 0.1) is 5.92 Å². The van der Waals surface area contributed by atoms with Gasteiger partial charge in [-0.2, -0.15) is 0 Å². The van der Waals surface area contributed by atoms with E-state index < -0.39 is 0 Å². The van der Waals surface area contributed by atoms with Crippen LogP contribution < -0.4 is 5.32 Å². The molecule has 110 valence electrons. The molecule has 1 heterocycles. The summed E-state index contributed by atoms with van der Waals surface area (Å²) in [6.07, 6.45) is 7.99.